The highest BCUT2D eigenvalue weighted by Gasteiger charge is 2.31. The predicted octanol–water partition coefficient (Wildman–Crippen LogP) is 3.00. The lowest BCUT2D eigenvalue weighted by atomic mass is 9.94. The first kappa shape index (κ1) is 18.1. The van der Waals surface area contributed by atoms with Crippen molar-refractivity contribution < 1.29 is 18.9 Å². The summed E-state index contributed by atoms with van der Waals surface area (Å²) in [5, 5.41) is 18.6. The normalized spacial score (nSPS) is 16.4. The van der Waals surface area contributed by atoms with Crippen molar-refractivity contribution in [3.05, 3.63) is 81.3 Å². The molecule has 0 saturated heterocycles. The van der Waals surface area contributed by atoms with E-state index >= 15 is 0 Å². The molecule has 0 unspecified atom stereocenters. The van der Waals surface area contributed by atoms with Crippen LogP contribution in [0, 0.1) is 15.9 Å². The zero-order chi connectivity index (χ0) is 19.6. The van der Waals surface area contributed by atoms with Crippen molar-refractivity contribution in [2.45, 2.75) is 13.0 Å². The van der Waals surface area contributed by atoms with Crippen LogP contribution in [0.3, 0.4) is 0 Å². The van der Waals surface area contributed by atoms with E-state index in [9.17, 15) is 24.1 Å². The molecule has 0 saturated carbocycles. The Bertz CT molecular complexity index is 973. The standard InChI is InChI=1S/C18H15FN4O4/c1-10-15(17(24)21-13-6-3-7-14(9-13)23(26)27)16(22-18(25)20-10)11-4-2-5-12(19)8-11/h2-9,16H,1H3,(H,21,24)(H2,20,22,25)/t16-/m0/s1. The lowest BCUT2D eigenvalue weighted by Gasteiger charge is -2.28. The largest absolute Gasteiger partial charge is 0.327 e. The van der Waals surface area contributed by atoms with Crippen LogP contribution in [0.2, 0.25) is 0 Å². The van der Waals surface area contributed by atoms with E-state index in [4.69, 9.17) is 0 Å². The number of nitrogens with zero attached hydrogens (tertiary/aromatic N) is 1. The fourth-order valence-electron chi connectivity index (χ4n) is 2.83. The molecule has 1 aliphatic rings. The molecule has 1 aliphatic heterocycles. The minimum absolute atomic E-state index is 0.171. The van der Waals surface area contributed by atoms with Gasteiger partial charge in [-0.2, -0.15) is 0 Å². The summed E-state index contributed by atoms with van der Waals surface area (Å²) in [5.41, 5.74) is 0.927. The molecule has 1 atom stereocenters. The molecule has 1 heterocycles. The number of rotatable bonds is 4. The maximum atomic E-state index is 13.6. The van der Waals surface area contributed by atoms with Crippen LogP contribution >= 0.6 is 0 Å². The van der Waals surface area contributed by atoms with Gasteiger partial charge >= 0.3 is 6.03 Å². The first-order valence-corrected chi connectivity index (χ1v) is 7.94. The molecule has 0 radical (unpaired) electrons. The van der Waals surface area contributed by atoms with Crippen molar-refractivity contribution in [3.8, 4) is 0 Å². The number of amides is 3. The number of non-ortho nitro benzene ring substituents is 1. The highest BCUT2D eigenvalue weighted by atomic mass is 19.1. The average molecular weight is 370 g/mol. The van der Waals surface area contributed by atoms with E-state index in [1.807, 2.05) is 0 Å². The van der Waals surface area contributed by atoms with Gasteiger partial charge in [-0.15, -0.1) is 0 Å². The molecule has 3 N–H and O–H groups in total. The molecule has 3 amide bonds. The zero-order valence-electron chi connectivity index (χ0n) is 14.2. The maximum Gasteiger partial charge on any atom is 0.319 e. The molecule has 0 bridgehead atoms. The first-order valence-electron chi connectivity index (χ1n) is 7.94. The molecule has 3 rings (SSSR count). The molecule has 2 aromatic rings. The van der Waals surface area contributed by atoms with Gasteiger partial charge in [0, 0.05) is 23.5 Å². The van der Waals surface area contributed by atoms with Gasteiger partial charge in [0.25, 0.3) is 11.6 Å². The fourth-order valence-corrected chi connectivity index (χ4v) is 2.83. The van der Waals surface area contributed by atoms with Crippen LogP contribution in [0.1, 0.15) is 18.5 Å². The Hall–Kier alpha value is -3.75. The third-order valence-electron chi connectivity index (χ3n) is 4.01. The second-order valence-corrected chi connectivity index (χ2v) is 5.89. The van der Waals surface area contributed by atoms with Crippen molar-refractivity contribution >= 4 is 23.3 Å². The van der Waals surface area contributed by atoms with E-state index < -0.39 is 28.7 Å². The molecule has 138 valence electrons. The van der Waals surface area contributed by atoms with Crippen molar-refractivity contribution in [1.82, 2.24) is 10.6 Å². The third kappa shape index (κ3) is 3.92. The molecular weight excluding hydrogens is 355 g/mol. The van der Waals surface area contributed by atoms with Crippen LogP contribution in [-0.4, -0.2) is 16.9 Å². The maximum absolute atomic E-state index is 13.6. The summed E-state index contributed by atoms with van der Waals surface area (Å²) in [7, 11) is 0. The molecule has 2 aromatic carbocycles. The van der Waals surface area contributed by atoms with Crippen LogP contribution in [0.4, 0.5) is 20.6 Å². The number of anilines is 1. The summed E-state index contributed by atoms with van der Waals surface area (Å²) in [6.07, 6.45) is 0. The Morgan fingerprint density at radius 3 is 2.67 bits per heavy atom. The summed E-state index contributed by atoms with van der Waals surface area (Å²) in [5.74, 6) is -1.08. The Morgan fingerprint density at radius 1 is 1.22 bits per heavy atom. The van der Waals surface area contributed by atoms with Crippen LogP contribution in [0.15, 0.2) is 59.8 Å². The minimum atomic E-state index is -0.867. The minimum Gasteiger partial charge on any atom is -0.327 e. The van der Waals surface area contributed by atoms with Gasteiger partial charge in [0.15, 0.2) is 0 Å². The Labute approximate surface area is 153 Å². The number of hydrogen-bond donors (Lipinski definition) is 3. The first-order chi connectivity index (χ1) is 12.8. The summed E-state index contributed by atoms with van der Waals surface area (Å²) < 4.78 is 13.6. The third-order valence-corrected chi connectivity index (χ3v) is 4.01. The quantitative estimate of drug-likeness (QED) is 0.567. The number of hydrogen-bond acceptors (Lipinski definition) is 4. The Morgan fingerprint density at radius 2 is 1.96 bits per heavy atom. The van der Waals surface area contributed by atoms with Gasteiger partial charge in [0.1, 0.15) is 5.82 Å². The van der Waals surface area contributed by atoms with E-state index in [1.165, 1.54) is 42.5 Å². The molecule has 9 heteroatoms. The second kappa shape index (κ2) is 7.24. The molecule has 8 nitrogen and oxygen atoms in total. The average Bonchev–Trinajstić information content (AvgIpc) is 2.61. The SMILES string of the molecule is CC1=C(C(=O)Nc2cccc([N+](=O)[O-])c2)[C@H](c2cccc(F)c2)NC(=O)N1. The zero-order valence-corrected chi connectivity index (χ0v) is 14.2. The van der Waals surface area contributed by atoms with Gasteiger partial charge in [-0.05, 0) is 30.7 Å². The molecule has 27 heavy (non-hydrogen) atoms. The number of urea groups is 1. The smallest absolute Gasteiger partial charge is 0.319 e. The Kier molecular flexibility index (Phi) is 4.84. The topological polar surface area (TPSA) is 113 Å². The number of nitrogens with one attached hydrogen (secondary N) is 3. The van der Waals surface area contributed by atoms with Gasteiger partial charge in [-0.3, -0.25) is 14.9 Å². The molecule has 0 spiro atoms. The number of allylic oxidation sites excluding steroid dienone is 1. The molecular formula is C18H15FN4O4. The fraction of sp³-hybridized carbons (Fsp3) is 0.111. The van der Waals surface area contributed by atoms with Crippen LogP contribution in [-0.2, 0) is 4.79 Å². The highest BCUT2D eigenvalue weighted by Crippen LogP contribution is 2.28. The second-order valence-electron chi connectivity index (χ2n) is 5.89. The predicted molar refractivity (Wildman–Crippen MR) is 95.2 cm³/mol. The molecule has 0 aliphatic carbocycles. The number of halogens is 1. The molecule has 0 fully saturated rings. The number of nitro groups is 1. The lowest BCUT2D eigenvalue weighted by Crippen LogP contribution is -2.46. The number of carbonyl (C=O) groups is 2. The number of nitro benzene ring substituents is 1. The summed E-state index contributed by atoms with van der Waals surface area (Å²) >= 11 is 0. The van der Waals surface area contributed by atoms with Gasteiger partial charge in [-0.25, -0.2) is 9.18 Å². The Balaban J connectivity index is 1.94. The van der Waals surface area contributed by atoms with Gasteiger partial charge in [-0.1, -0.05) is 18.2 Å². The van der Waals surface area contributed by atoms with E-state index in [2.05, 4.69) is 16.0 Å². The monoisotopic (exact) mass is 370 g/mol. The summed E-state index contributed by atoms with van der Waals surface area (Å²) in [4.78, 5) is 35.0. The van der Waals surface area contributed by atoms with Gasteiger partial charge in [0.2, 0.25) is 0 Å². The van der Waals surface area contributed by atoms with Crippen LogP contribution < -0.4 is 16.0 Å². The summed E-state index contributed by atoms with van der Waals surface area (Å²) in [6, 6.07) is 9.64. The van der Waals surface area contributed by atoms with Crippen molar-refractivity contribution in [3.63, 3.8) is 0 Å². The van der Waals surface area contributed by atoms with Crippen LogP contribution in [0.25, 0.3) is 0 Å². The summed E-state index contributed by atoms with van der Waals surface area (Å²) in [6.45, 7) is 1.55. The van der Waals surface area contributed by atoms with Crippen molar-refractivity contribution in [2.24, 2.45) is 0 Å². The van der Waals surface area contributed by atoms with E-state index in [0.717, 1.165) is 0 Å². The molecule has 0 aromatic heterocycles. The van der Waals surface area contributed by atoms with Gasteiger partial charge < -0.3 is 16.0 Å². The highest BCUT2D eigenvalue weighted by molar-refractivity contribution is 6.06. The number of carbonyl (C=O) groups excluding carboxylic acids is 2. The number of benzene rings is 2. The van der Waals surface area contributed by atoms with E-state index in [0.29, 0.717) is 11.3 Å². The lowest BCUT2D eigenvalue weighted by molar-refractivity contribution is -0.384. The van der Waals surface area contributed by atoms with Crippen molar-refractivity contribution in [2.75, 3.05) is 5.32 Å². The van der Waals surface area contributed by atoms with E-state index in [1.54, 1.807) is 13.0 Å². The van der Waals surface area contributed by atoms with Gasteiger partial charge in [0.05, 0.1) is 16.5 Å². The van der Waals surface area contributed by atoms with Crippen molar-refractivity contribution in [1.29, 1.82) is 0 Å². The van der Waals surface area contributed by atoms with Crippen LogP contribution in [0.5, 0.6) is 0 Å². The van der Waals surface area contributed by atoms with E-state index in [-0.39, 0.29) is 16.9 Å².